The summed E-state index contributed by atoms with van der Waals surface area (Å²) in [5.74, 6) is 0.485. The van der Waals surface area contributed by atoms with Gasteiger partial charge in [0.2, 0.25) is 0 Å². The summed E-state index contributed by atoms with van der Waals surface area (Å²) in [6, 6.07) is 2.57. The van der Waals surface area contributed by atoms with E-state index in [2.05, 4.69) is 60.4 Å². The molecule has 0 amide bonds. The largest absolute Gasteiger partial charge is 0.369 e. The number of hydrogen-bond acceptors (Lipinski definition) is 3. The van der Waals surface area contributed by atoms with Gasteiger partial charge in [-0.1, -0.05) is 0 Å². The second-order valence-corrected chi connectivity index (χ2v) is 8.52. The van der Waals surface area contributed by atoms with Crippen LogP contribution in [0.25, 0.3) is 0 Å². The van der Waals surface area contributed by atoms with Crippen molar-refractivity contribution in [3.8, 4) is 0 Å². The third-order valence-electron chi connectivity index (χ3n) is 3.80. The Bertz CT molecular complexity index is 427. The molecule has 102 valence electrons. The molecule has 0 saturated carbocycles. The Kier molecular flexibility index (Phi) is 3.94. The Morgan fingerprint density at radius 2 is 2.11 bits per heavy atom. The lowest BCUT2D eigenvalue weighted by Gasteiger charge is -2.32. The maximum atomic E-state index is 6.21. The summed E-state index contributed by atoms with van der Waals surface area (Å²) in [4.78, 5) is 0. The van der Waals surface area contributed by atoms with E-state index in [1.165, 1.54) is 9.35 Å². The lowest BCUT2D eigenvalue weighted by atomic mass is 9.79. The van der Waals surface area contributed by atoms with Crippen LogP contribution >= 0.6 is 27.3 Å². The van der Waals surface area contributed by atoms with Gasteiger partial charge in [0.25, 0.3) is 0 Å². The van der Waals surface area contributed by atoms with E-state index >= 15 is 0 Å². The van der Waals surface area contributed by atoms with E-state index in [1.54, 1.807) is 11.3 Å². The van der Waals surface area contributed by atoms with Crippen LogP contribution in [-0.2, 0) is 4.74 Å². The maximum Gasteiger partial charge on any atom is 0.0701 e. The van der Waals surface area contributed by atoms with Gasteiger partial charge in [-0.05, 0) is 74.1 Å². The van der Waals surface area contributed by atoms with E-state index in [0.717, 1.165) is 6.42 Å². The standard InChI is InChI=1S/C14H22BrNOS/c1-13(2)7-10(14(3,4)17-13)12(16-5)9-6-11(15)18-8-9/h6,8,10,12,16H,7H2,1-5H3. The van der Waals surface area contributed by atoms with Crippen LogP contribution in [0.5, 0.6) is 0 Å². The molecule has 0 radical (unpaired) electrons. The Morgan fingerprint density at radius 3 is 2.50 bits per heavy atom. The third kappa shape index (κ3) is 2.82. The normalized spacial score (nSPS) is 27.3. The van der Waals surface area contributed by atoms with E-state index in [0.29, 0.717) is 12.0 Å². The fourth-order valence-electron chi connectivity index (χ4n) is 3.21. The molecule has 1 aliphatic rings. The topological polar surface area (TPSA) is 21.3 Å². The number of thiophene rings is 1. The van der Waals surface area contributed by atoms with Crippen molar-refractivity contribution < 1.29 is 4.74 Å². The third-order valence-corrected chi connectivity index (χ3v) is 5.33. The molecule has 2 nitrogen and oxygen atoms in total. The quantitative estimate of drug-likeness (QED) is 0.888. The Labute approximate surface area is 122 Å². The molecule has 0 aromatic carbocycles. The summed E-state index contributed by atoms with van der Waals surface area (Å²) in [5, 5.41) is 5.70. The summed E-state index contributed by atoms with van der Waals surface area (Å²) in [5.41, 5.74) is 1.23. The van der Waals surface area contributed by atoms with Crippen LogP contribution in [-0.4, -0.2) is 18.2 Å². The van der Waals surface area contributed by atoms with Crippen molar-refractivity contribution in [3.63, 3.8) is 0 Å². The summed E-state index contributed by atoms with van der Waals surface area (Å²) in [7, 11) is 2.04. The van der Waals surface area contributed by atoms with E-state index in [1.807, 2.05) is 7.05 Å². The van der Waals surface area contributed by atoms with Crippen molar-refractivity contribution >= 4 is 27.3 Å². The molecule has 2 rings (SSSR count). The molecule has 0 spiro atoms. The number of nitrogens with one attached hydrogen (secondary N) is 1. The molecule has 0 bridgehead atoms. The van der Waals surface area contributed by atoms with Crippen molar-refractivity contribution in [2.24, 2.45) is 5.92 Å². The van der Waals surface area contributed by atoms with Gasteiger partial charge in [-0.3, -0.25) is 0 Å². The predicted octanol–water partition coefficient (Wildman–Crippen LogP) is 4.36. The molecule has 1 aromatic rings. The van der Waals surface area contributed by atoms with Crippen LogP contribution in [0.15, 0.2) is 15.2 Å². The molecule has 2 unspecified atom stereocenters. The number of ether oxygens (including phenoxy) is 1. The lowest BCUT2D eigenvalue weighted by Crippen LogP contribution is -2.37. The summed E-state index contributed by atoms with van der Waals surface area (Å²) in [6.45, 7) is 8.78. The Morgan fingerprint density at radius 1 is 1.44 bits per heavy atom. The zero-order chi connectivity index (χ0) is 13.6. The number of hydrogen-bond donors (Lipinski definition) is 1. The van der Waals surface area contributed by atoms with Crippen LogP contribution in [0.3, 0.4) is 0 Å². The molecule has 2 atom stereocenters. The zero-order valence-corrected chi connectivity index (χ0v) is 14.1. The number of halogens is 1. The van der Waals surface area contributed by atoms with Crippen LogP contribution in [0.1, 0.15) is 45.7 Å². The molecule has 18 heavy (non-hydrogen) atoms. The smallest absolute Gasteiger partial charge is 0.0701 e. The molecule has 1 saturated heterocycles. The second-order valence-electron chi connectivity index (χ2n) is 6.23. The highest BCUT2D eigenvalue weighted by Gasteiger charge is 2.49. The van der Waals surface area contributed by atoms with E-state index in [4.69, 9.17) is 4.74 Å². The van der Waals surface area contributed by atoms with Crippen molar-refractivity contribution in [2.45, 2.75) is 51.4 Å². The summed E-state index contributed by atoms with van der Waals surface area (Å²) >= 11 is 5.29. The highest BCUT2D eigenvalue weighted by atomic mass is 79.9. The van der Waals surface area contributed by atoms with Gasteiger partial charge in [-0.25, -0.2) is 0 Å². The molecule has 0 aliphatic carbocycles. The molecule has 1 aromatic heterocycles. The predicted molar refractivity (Wildman–Crippen MR) is 81.2 cm³/mol. The van der Waals surface area contributed by atoms with Crippen molar-refractivity contribution in [3.05, 3.63) is 20.8 Å². The van der Waals surface area contributed by atoms with Gasteiger partial charge in [-0.2, -0.15) is 0 Å². The average molecular weight is 332 g/mol. The molecular weight excluding hydrogens is 310 g/mol. The van der Waals surface area contributed by atoms with Gasteiger partial charge < -0.3 is 10.1 Å². The molecule has 1 fully saturated rings. The molecule has 1 aliphatic heterocycles. The van der Waals surface area contributed by atoms with Gasteiger partial charge in [-0.15, -0.1) is 11.3 Å². The summed E-state index contributed by atoms with van der Waals surface area (Å²) in [6.07, 6.45) is 1.08. The molecule has 4 heteroatoms. The van der Waals surface area contributed by atoms with Crippen LogP contribution in [0.4, 0.5) is 0 Å². The Hall–Kier alpha value is 0.1000. The average Bonchev–Trinajstić information content (AvgIpc) is 2.70. The van der Waals surface area contributed by atoms with Gasteiger partial charge in [0.1, 0.15) is 0 Å². The van der Waals surface area contributed by atoms with E-state index in [-0.39, 0.29) is 11.2 Å². The first kappa shape index (κ1) is 14.5. The highest BCUT2D eigenvalue weighted by Crippen LogP contribution is 2.48. The minimum Gasteiger partial charge on any atom is -0.369 e. The van der Waals surface area contributed by atoms with Gasteiger partial charge in [0.05, 0.1) is 15.0 Å². The minimum atomic E-state index is -0.0917. The second kappa shape index (κ2) is 4.89. The van der Waals surface area contributed by atoms with Gasteiger partial charge in [0, 0.05) is 12.0 Å². The van der Waals surface area contributed by atoms with E-state index in [9.17, 15) is 0 Å². The monoisotopic (exact) mass is 331 g/mol. The minimum absolute atomic E-state index is 0.0312. The molecular formula is C14H22BrNOS. The zero-order valence-electron chi connectivity index (χ0n) is 11.7. The first-order valence-electron chi connectivity index (χ1n) is 6.36. The Balaban J connectivity index is 2.28. The van der Waals surface area contributed by atoms with Crippen LogP contribution in [0, 0.1) is 5.92 Å². The SMILES string of the molecule is CNC(c1csc(Br)c1)C1CC(C)(C)OC1(C)C. The highest BCUT2D eigenvalue weighted by molar-refractivity contribution is 9.11. The van der Waals surface area contributed by atoms with Gasteiger partial charge >= 0.3 is 0 Å². The van der Waals surface area contributed by atoms with Crippen molar-refractivity contribution in [2.75, 3.05) is 7.05 Å². The first-order chi connectivity index (χ1) is 8.25. The fourth-order valence-corrected chi connectivity index (χ4v) is 4.42. The first-order valence-corrected chi connectivity index (χ1v) is 8.04. The van der Waals surface area contributed by atoms with Crippen LogP contribution < -0.4 is 5.32 Å². The number of rotatable bonds is 3. The summed E-state index contributed by atoms with van der Waals surface area (Å²) < 4.78 is 7.40. The van der Waals surface area contributed by atoms with E-state index < -0.39 is 0 Å². The molecule has 2 heterocycles. The lowest BCUT2D eigenvalue weighted by molar-refractivity contribution is -0.0776. The fraction of sp³-hybridized carbons (Fsp3) is 0.714. The maximum absolute atomic E-state index is 6.21. The van der Waals surface area contributed by atoms with Crippen LogP contribution in [0.2, 0.25) is 0 Å². The van der Waals surface area contributed by atoms with Crippen molar-refractivity contribution in [1.82, 2.24) is 5.32 Å². The van der Waals surface area contributed by atoms with Crippen molar-refractivity contribution in [1.29, 1.82) is 0 Å². The molecule has 1 N–H and O–H groups in total. The van der Waals surface area contributed by atoms with Gasteiger partial charge in [0.15, 0.2) is 0 Å².